The molecule has 2 heterocycles. The van der Waals surface area contributed by atoms with Crippen molar-refractivity contribution >= 4 is 44.1 Å². The Hall–Kier alpha value is -2.99. The van der Waals surface area contributed by atoms with Crippen LogP contribution in [0.15, 0.2) is 48.5 Å². The van der Waals surface area contributed by atoms with Gasteiger partial charge in [0.2, 0.25) is 0 Å². The number of nitrogens with one attached hydrogen (secondary N) is 1. The van der Waals surface area contributed by atoms with Crippen LogP contribution in [0.5, 0.6) is 5.75 Å². The van der Waals surface area contributed by atoms with Crippen molar-refractivity contribution in [3.63, 3.8) is 0 Å². The van der Waals surface area contributed by atoms with Crippen molar-refractivity contribution in [2.75, 3.05) is 12.4 Å². The van der Waals surface area contributed by atoms with E-state index in [0.29, 0.717) is 5.69 Å². The Morgan fingerprint density at radius 1 is 1.04 bits per heavy atom. The Morgan fingerprint density at radius 3 is 2.72 bits per heavy atom. The van der Waals surface area contributed by atoms with Crippen molar-refractivity contribution in [2.45, 2.75) is 6.92 Å². The first kappa shape index (κ1) is 15.5. The van der Waals surface area contributed by atoms with Gasteiger partial charge in [0.1, 0.15) is 11.4 Å². The molecule has 25 heavy (non-hydrogen) atoms. The molecule has 4 rings (SSSR count). The first-order chi connectivity index (χ1) is 12.1. The number of hydrogen-bond acceptors (Lipinski definition) is 5. The third-order valence-corrected chi connectivity index (χ3v) is 4.82. The number of ether oxygens (including phenoxy) is 1. The molecular weight excluding hydrogens is 334 g/mol. The lowest BCUT2D eigenvalue weighted by Crippen LogP contribution is -2.13. The van der Waals surface area contributed by atoms with Crippen LogP contribution in [-0.2, 0) is 0 Å². The van der Waals surface area contributed by atoms with E-state index >= 15 is 0 Å². The quantitative estimate of drug-likeness (QED) is 0.595. The highest BCUT2D eigenvalue weighted by Crippen LogP contribution is 2.25. The molecule has 4 aromatic rings. The average Bonchev–Trinajstić information content (AvgIpc) is 3.00. The minimum absolute atomic E-state index is 0.238. The number of methoxy groups -OCH3 is 1. The number of hydrogen-bond donors (Lipinski definition) is 1. The van der Waals surface area contributed by atoms with Gasteiger partial charge < -0.3 is 10.1 Å². The van der Waals surface area contributed by atoms with E-state index in [0.717, 1.165) is 37.6 Å². The molecule has 0 aliphatic rings. The number of thiazole rings is 1. The maximum atomic E-state index is 12.5. The SMILES string of the molecule is COc1ccc2nc(C(=O)Nc3ccc4nc(C)sc4c3)ccc2c1. The molecule has 0 atom stereocenters. The van der Waals surface area contributed by atoms with Crippen molar-refractivity contribution in [2.24, 2.45) is 0 Å². The van der Waals surface area contributed by atoms with Crippen LogP contribution in [0.25, 0.3) is 21.1 Å². The van der Waals surface area contributed by atoms with E-state index in [1.165, 1.54) is 0 Å². The van der Waals surface area contributed by atoms with Crippen LogP contribution >= 0.6 is 11.3 Å². The predicted molar refractivity (Wildman–Crippen MR) is 101 cm³/mol. The first-order valence-electron chi connectivity index (χ1n) is 7.76. The van der Waals surface area contributed by atoms with Gasteiger partial charge in [-0.1, -0.05) is 6.07 Å². The number of nitrogens with zero attached hydrogens (tertiary/aromatic N) is 2. The third kappa shape index (κ3) is 3.04. The third-order valence-electron chi connectivity index (χ3n) is 3.88. The molecule has 2 aromatic heterocycles. The van der Waals surface area contributed by atoms with E-state index in [4.69, 9.17) is 4.74 Å². The van der Waals surface area contributed by atoms with E-state index in [1.54, 1.807) is 24.5 Å². The van der Waals surface area contributed by atoms with Gasteiger partial charge in [-0.05, 0) is 49.4 Å². The summed E-state index contributed by atoms with van der Waals surface area (Å²) < 4.78 is 6.25. The molecule has 0 aliphatic heterocycles. The van der Waals surface area contributed by atoms with E-state index in [9.17, 15) is 4.79 Å². The summed E-state index contributed by atoms with van der Waals surface area (Å²) >= 11 is 1.60. The first-order valence-corrected chi connectivity index (χ1v) is 8.57. The molecule has 6 heteroatoms. The minimum Gasteiger partial charge on any atom is -0.497 e. The molecule has 124 valence electrons. The van der Waals surface area contributed by atoms with Crippen LogP contribution in [0.2, 0.25) is 0 Å². The summed E-state index contributed by atoms with van der Waals surface area (Å²) in [4.78, 5) is 21.4. The van der Waals surface area contributed by atoms with Crippen molar-refractivity contribution in [3.05, 3.63) is 59.2 Å². The zero-order chi connectivity index (χ0) is 17.4. The molecule has 5 nitrogen and oxygen atoms in total. The summed E-state index contributed by atoms with van der Waals surface area (Å²) in [6, 6.07) is 14.9. The molecule has 0 bridgehead atoms. The second-order valence-electron chi connectivity index (χ2n) is 5.62. The summed E-state index contributed by atoms with van der Waals surface area (Å²) in [5.74, 6) is 0.526. The molecule has 0 saturated heterocycles. The van der Waals surface area contributed by atoms with Crippen molar-refractivity contribution < 1.29 is 9.53 Å². The molecule has 0 saturated carbocycles. The Labute approximate surface area is 148 Å². The number of pyridine rings is 1. The number of fused-ring (bicyclic) bond motifs is 2. The highest BCUT2D eigenvalue weighted by molar-refractivity contribution is 7.18. The van der Waals surface area contributed by atoms with Crippen LogP contribution in [0.4, 0.5) is 5.69 Å². The lowest BCUT2D eigenvalue weighted by molar-refractivity contribution is 0.102. The Bertz CT molecular complexity index is 1100. The standard InChI is InChI=1S/C19H15N3O2S/c1-11-20-16-7-4-13(10-18(16)25-11)21-19(23)17-6-3-12-9-14(24-2)5-8-15(12)22-17/h3-10H,1-2H3,(H,21,23). The number of aryl methyl sites for hydroxylation is 1. The number of carbonyl (C=O) groups excluding carboxylic acids is 1. The summed E-state index contributed by atoms with van der Waals surface area (Å²) in [7, 11) is 1.62. The van der Waals surface area contributed by atoms with Crippen LogP contribution < -0.4 is 10.1 Å². The fourth-order valence-electron chi connectivity index (χ4n) is 2.67. The summed E-state index contributed by atoms with van der Waals surface area (Å²) in [6.07, 6.45) is 0. The predicted octanol–water partition coefficient (Wildman–Crippen LogP) is 4.41. The molecule has 2 aromatic carbocycles. The highest BCUT2D eigenvalue weighted by Gasteiger charge is 2.10. The van der Waals surface area contributed by atoms with E-state index in [2.05, 4.69) is 15.3 Å². The lowest BCUT2D eigenvalue weighted by atomic mass is 10.2. The van der Waals surface area contributed by atoms with Gasteiger partial charge in [0.05, 0.1) is 27.9 Å². The number of aromatic nitrogens is 2. The largest absolute Gasteiger partial charge is 0.497 e. The normalized spacial score (nSPS) is 11.0. The van der Waals surface area contributed by atoms with Crippen LogP contribution in [-0.4, -0.2) is 23.0 Å². The molecule has 0 radical (unpaired) electrons. The number of rotatable bonds is 3. The van der Waals surface area contributed by atoms with Gasteiger partial charge in [0, 0.05) is 11.1 Å². The molecule has 0 fully saturated rings. The van der Waals surface area contributed by atoms with Gasteiger partial charge >= 0.3 is 0 Å². The summed E-state index contributed by atoms with van der Waals surface area (Å²) in [6.45, 7) is 1.97. The maximum Gasteiger partial charge on any atom is 0.274 e. The second-order valence-corrected chi connectivity index (χ2v) is 6.86. The summed E-state index contributed by atoms with van der Waals surface area (Å²) in [5.41, 5.74) is 2.80. The molecule has 1 N–H and O–H groups in total. The van der Waals surface area contributed by atoms with Gasteiger partial charge in [-0.2, -0.15) is 0 Å². The second kappa shape index (κ2) is 6.14. The maximum absolute atomic E-state index is 12.5. The van der Waals surface area contributed by atoms with Crippen molar-refractivity contribution in [1.29, 1.82) is 0 Å². The van der Waals surface area contributed by atoms with Gasteiger partial charge in [0.25, 0.3) is 5.91 Å². The fourth-order valence-corrected chi connectivity index (χ4v) is 3.54. The monoisotopic (exact) mass is 349 g/mol. The van der Waals surface area contributed by atoms with E-state index in [1.807, 2.05) is 49.4 Å². The average molecular weight is 349 g/mol. The molecule has 0 aliphatic carbocycles. The number of benzene rings is 2. The van der Waals surface area contributed by atoms with E-state index < -0.39 is 0 Å². The zero-order valence-electron chi connectivity index (χ0n) is 13.7. The summed E-state index contributed by atoms with van der Waals surface area (Å²) in [5, 5.41) is 4.83. The van der Waals surface area contributed by atoms with Gasteiger partial charge in [-0.15, -0.1) is 11.3 Å². The van der Waals surface area contributed by atoms with E-state index in [-0.39, 0.29) is 5.91 Å². The Balaban J connectivity index is 1.61. The molecular formula is C19H15N3O2S. The number of carbonyl (C=O) groups is 1. The van der Waals surface area contributed by atoms with Gasteiger partial charge in [-0.25, -0.2) is 9.97 Å². The van der Waals surface area contributed by atoms with Crippen molar-refractivity contribution in [3.8, 4) is 5.75 Å². The van der Waals surface area contributed by atoms with Crippen molar-refractivity contribution in [1.82, 2.24) is 9.97 Å². The smallest absolute Gasteiger partial charge is 0.274 e. The topological polar surface area (TPSA) is 64.1 Å². The fraction of sp³-hybridized carbons (Fsp3) is 0.105. The Morgan fingerprint density at radius 2 is 1.88 bits per heavy atom. The zero-order valence-corrected chi connectivity index (χ0v) is 14.6. The van der Waals surface area contributed by atoms with Crippen LogP contribution in [0.1, 0.15) is 15.5 Å². The molecule has 1 amide bonds. The molecule has 0 spiro atoms. The van der Waals surface area contributed by atoms with Crippen LogP contribution in [0, 0.1) is 6.92 Å². The minimum atomic E-state index is -0.238. The lowest BCUT2D eigenvalue weighted by Gasteiger charge is -2.06. The van der Waals surface area contributed by atoms with Gasteiger partial charge in [-0.3, -0.25) is 4.79 Å². The number of amides is 1. The molecule has 0 unspecified atom stereocenters. The highest BCUT2D eigenvalue weighted by atomic mass is 32.1. The van der Waals surface area contributed by atoms with Crippen LogP contribution in [0.3, 0.4) is 0 Å². The van der Waals surface area contributed by atoms with Gasteiger partial charge in [0.15, 0.2) is 0 Å². The number of anilines is 1. The Kier molecular flexibility index (Phi) is 3.82.